The van der Waals surface area contributed by atoms with E-state index in [0.717, 1.165) is 32.1 Å². The van der Waals surface area contributed by atoms with Crippen LogP contribution in [-0.4, -0.2) is 26.2 Å². The number of rotatable bonds is 7. The summed E-state index contributed by atoms with van der Waals surface area (Å²) in [6.45, 7) is 13.8. The average Bonchev–Trinajstić information content (AvgIpc) is 3.13. The fraction of sp³-hybridized carbons (Fsp3) is 0.708. The summed E-state index contributed by atoms with van der Waals surface area (Å²) in [5.41, 5.74) is -0.126. The molecule has 1 aliphatic carbocycles. The molecule has 1 heterocycles. The van der Waals surface area contributed by atoms with E-state index in [4.69, 9.17) is 13.7 Å². The first-order chi connectivity index (χ1) is 14.8. The average molecular weight is 472 g/mol. The van der Waals surface area contributed by atoms with Crippen molar-refractivity contribution in [2.75, 3.05) is 6.61 Å². The second-order valence-electron chi connectivity index (χ2n) is 10.5. The van der Waals surface area contributed by atoms with Gasteiger partial charge in [-0.05, 0) is 55.9 Å². The van der Waals surface area contributed by atoms with Gasteiger partial charge in [0.15, 0.2) is 19.6 Å². The van der Waals surface area contributed by atoms with Gasteiger partial charge in [0.1, 0.15) is 11.9 Å². The molecule has 1 fully saturated rings. The van der Waals surface area contributed by atoms with E-state index in [-0.39, 0.29) is 28.0 Å². The van der Waals surface area contributed by atoms with E-state index in [9.17, 15) is 13.2 Å². The Kier molecular flexibility index (Phi) is 7.35. The first-order valence-electron chi connectivity index (χ1n) is 11.6. The smallest absolute Gasteiger partial charge is 0.437 e. The van der Waals surface area contributed by atoms with Crippen LogP contribution in [0, 0.1) is 5.92 Å². The van der Waals surface area contributed by atoms with Gasteiger partial charge in [0.05, 0.1) is 5.39 Å². The van der Waals surface area contributed by atoms with Crippen LogP contribution in [0.3, 0.4) is 0 Å². The van der Waals surface area contributed by atoms with E-state index in [1.54, 1.807) is 6.07 Å². The van der Waals surface area contributed by atoms with Gasteiger partial charge >= 0.3 is 6.18 Å². The minimum atomic E-state index is -4.55. The number of hydrogen-bond acceptors (Lipinski definition) is 4. The standard InChI is InChI=1S/C24H36F3NO3Si/c1-7-10-17-20(14-13-18-21(17)31-28-22(18)24(25,26)27)30-19-12-9-8-11-16(19)15-29-32(5,6)23(2,3)4/h13-14,16,19H,7-12,15H2,1-6H3. The zero-order chi connectivity index (χ0) is 23.7. The van der Waals surface area contributed by atoms with Gasteiger partial charge in [-0.3, -0.25) is 0 Å². The van der Waals surface area contributed by atoms with E-state index in [1.807, 2.05) is 6.92 Å². The highest BCUT2D eigenvalue weighted by atomic mass is 28.4. The fourth-order valence-electron chi connectivity index (χ4n) is 4.06. The molecule has 4 nitrogen and oxygen atoms in total. The summed E-state index contributed by atoms with van der Waals surface area (Å²) in [6, 6.07) is 3.08. The lowest BCUT2D eigenvalue weighted by molar-refractivity contribution is -0.141. The lowest BCUT2D eigenvalue weighted by atomic mass is 9.87. The van der Waals surface area contributed by atoms with Crippen LogP contribution in [0.4, 0.5) is 13.2 Å². The number of aromatic nitrogens is 1. The number of alkyl halides is 3. The predicted octanol–water partition coefficient (Wildman–Crippen LogP) is 7.76. The molecule has 180 valence electrons. The number of hydrogen-bond donors (Lipinski definition) is 0. The summed E-state index contributed by atoms with van der Waals surface area (Å²) in [7, 11) is -1.87. The maximum Gasteiger partial charge on any atom is 0.437 e. The molecule has 2 aromatic rings. The van der Waals surface area contributed by atoms with Crippen molar-refractivity contribution in [1.29, 1.82) is 0 Å². The molecule has 2 atom stereocenters. The number of aryl methyl sites for hydroxylation is 1. The monoisotopic (exact) mass is 471 g/mol. The first kappa shape index (κ1) is 25.1. The number of nitrogens with zero attached hydrogens (tertiary/aromatic N) is 1. The number of benzene rings is 1. The molecule has 0 amide bonds. The molecule has 32 heavy (non-hydrogen) atoms. The van der Waals surface area contributed by atoms with Gasteiger partial charge < -0.3 is 13.7 Å². The Morgan fingerprint density at radius 1 is 1.12 bits per heavy atom. The lowest BCUT2D eigenvalue weighted by Crippen LogP contribution is -2.44. The number of halogens is 3. The third kappa shape index (κ3) is 5.33. The minimum Gasteiger partial charge on any atom is -0.490 e. The van der Waals surface area contributed by atoms with Crippen molar-refractivity contribution in [3.8, 4) is 5.75 Å². The summed E-state index contributed by atoms with van der Waals surface area (Å²) in [5, 5.41) is 3.45. The molecule has 3 rings (SSSR count). The van der Waals surface area contributed by atoms with Gasteiger partial charge in [-0.1, -0.05) is 45.7 Å². The second-order valence-corrected chi connectivity index (χ2v) is 15.3. The number of ether oxygens (including phenoxy) is 1. The van der Waals surface area contributed by atoms with E-state index in [0.29, 0.717) is 24.3 Å². The van der Waals surface area contributed by atoms with Crippen LogP contribution in [0.2, 0.25) is 18.1 Å². The Morgan fingerprint density at radius 2 is 1.81 bits per heavy atom. The predicted molar refractivity (Wildman–Crippen MR) is 123 cm³/mol. The van der Waals surface area contributed by atoms with Gasteiger partial charge in [-0.2, -0.15) is 13.2 Å². The highest BCUT2D eigenvalue weighted by Crippen LogP contribution is 2.41. The highest BCUT2D eigenvalue weighted by Gasteiger charge is 2.40. The third-order valence-corrected chi connectivity index (χ3v) is 11.6. The summed E-state index contributed by atoms with van der Waals surface area (Å²) >= 11 is 0. The molecule has 2 unspecified atom stereocenters. The molecular weight excluding hydrogens is 435 g/mol. The Balaban J connectivity index is 1.85. The summed E-state index contributed by atoms with van der Waals surface area (Å²) in [6.07, 6.45) is 0.927. The molecule has 0 radical (unpaired) electrons. The summed E-state index contributed by atoms with van der Waals surface area (Å²) in [4.78, 5) is 0. The molecule has 0 N–H and O–H groups in total. The highest BCUT2D eigenvalue weighted by molar-refractivity contribution is 6.74. The maximum absolute atomic E-state index is 13.3. The van der Waals surface area contributed by atoms with Gasteiger partial charge in [-0.15, -0.1) is 0 Å². The molecule has 0 bridgehead atoms. The molecule has 0 aliphatic heterocycles. The Labute approximate surface area is 190 Å². The van der Waals surface area contributed by atoms with Crippen molar-refractivity contribution in [2.45, 2.75) is 96.6 Å². The molecule has 1 aromatic carbocycles. The molecule has 0 spiro atoms. The van der Waals surface area contributed by atoms with Crippen molar-refractivity contribution in [2.24, 2.45) is 5.92 Å². The molecule has 1 aliphatic rings. The Morgan fingerprint density at radius 3 is 2.44 bits per heavy atom. The Bertz CT molecular complexity index is 918. The van der Waals surface area contributed by atoms with Gasteiger partial charge in [0, 0.05) is 18.1 Å². The SMILES string of the molecule is CCCc1c(OC2CCCCC2CO[Si](C)(C)C(C)(C)C)ccc2c(C(F)(F)F)noc12. The molecule has 0 saturated heterocycles. The van der Waals surface area contributed by atoms with Crippen molar-refractivity contribution >= 4 is 19.3 Å². The van der Waals surface area contributed by atoms with Crippen LogP contribution in [0.25, 0.3) is 11.0 Å². The van der Waals surface area contributed by atoms with Crippen LogP contribution < -0.4 is 4.74 Å². The Hall–Kier alpha value is -1.54. The summed E-state index contributed by atoms with van der Waals surface area (Å²) in [5.74, 6) is 0.872. The maximum atomic E-state index is 13.3. The van der Waals surface area contributed by atoms with Crippen LogP contribution in [-0.2, 0) is 17.0 Å². The zero-order valence-electron chi connectivity index (χ0n) is 20.1. The van der Waals surface area contributed by atoms with Gasteiger partial charge in [0.25, 0.3) is 0 Å². The molecular formula is C24H36F3NO3Si. The molecule has 8 heteroatoms. The van der Waals surface area contributed by atoms with Gasteiger partial charge in [0.2, 0.25) is 0 Å². The zero-order valence-corrected chi connectivity index (χ0v) is 21.1. The van der Waals surface area contributed by atoms with E-state index >= 15 is 0 Å². The van der Waals surface area contributed by atoms with Gasteiger partial charge in [-0.25, -0.2) is 0 Å². The summed E-state index contributed by atoms with van der Waals surface area (Å²) < 4.78 is 58.0. The normalized spacial score (nSPS) is 20.7. The van der Waals surface area contributed by atoms with E-state index in [2.05, 4.69) is 39.0 Å². The van der Waals surface area contributed by atoms with Crippen molar-refractivity contribution in [3.05, 3.63) is 23.4 Å². The first-order valence-corrected chi connectivity index (χ1v) is 14.5. The molecule has 1 aromatic heterocycles. The van der Waals surface area contributed by atoms with Crippen LogP contribution in [0.15, 0.2) is 16.7 Å². The van der Waals surface area contributed by atoms with E-state index in [1.165, 1.54) is 6.07 Å². The number of fused-ring (bicyclic) bond motifs is 1. The van der Waals surface area contributed by atoms with Crippen molar-refractivity contribution in [1.82, 2.24) is 5.16 Å². The largest absolute Gasteiger partial charge is 0.490 e. The molecule has 1 saturated carbocycles. The minimum absolute atomic E-state index is 0.00486. The third-order valence-electron chi connectivity index (χ3n) is 7.05. The topological polar surface area (TPSA) is 44.5 Å². The quantitative estimate of drug-likeness (QED) is 0.387. The van der Waals surface area contributed by atoms with Crippen molar-refractivity contribution < 1.29 is 26.9 Å². The van der Waals surface area contributed by atoms with Crippen molar-refractivity contribution in [3.63, 3.8) is 0 Å². The second kappa shape index (κ2) is 9.37. The van der Waals surface area contributed by atoms with E-state index < -0.39 is 20.2 Å². The fourth-order valence-corrected chi connectivity index (χ4v) is 5.12. The lowest BCUT2D eigenvalue weighted by Gasteiger charge is -2.39. The van der Waals surface area contributed by atoms with Crippen LogP contribution in [0.5, 0.6) is 5.75 Å². The van der Waals surface area contributed by atoms with Crippen LogP contribution >= 0.6 is 0 Å². The van der Waals surface area contributed by atoms with Crippen LogP contribution in [0.1, 0.15) is 71.1 Å².